The first-order valence-electron chi connectivity index (χ1n) is 8.72. The van der Waals surface area contributed by atoms with Crippen molar-refractivity contribution in [3.63, 3.8) is 0 Å². The molecule has 28 heavy (non-hydrogen) atoms. The molecular weight excluding hydrogens is 390 g/mol. The standard InChI is InChI=1S/C17H28F2N4O4Si/c1-12(24)26-8-14(25)23-13-7-20-11-22-15(13)21-9-17(18,19)10-27-28(5,6)16(2,3)4/h7,11H,8-10H2,1-6H3,(H,23,25)(H,20,21,22). The summed E-state index contributed by atoms with van der Waals surface area (Å²) < 4.78 is 38.7. The van der Waals surface area contributed by atoms with Gasteiger partial charge in [-0.25, -0.2) is 18.7 Å². The molecule has 0 bridgehead atoms. The van der Waals surface area contributed by atoms with Gasteiger partial charge in [0.1, 0.15) is 12.0 Å². The molecule has 0 spiro atoms. The van der Waals surface area contributed by atoms with E-state index >= 15 is 0 Å². The number of esters is 1. The van der Waals surface area contributed by atoms with Gasteiger partial charge >= 0.3 is 5.97 Å². The van der Waals surface area contributed by atoms with Gasteiger partial charge in [0, 0.05) is 6.92 Å². The monoisotopic (exact) mass is 418 g/mol. The number of carbonyl (C=O) groups excluding carboxylic acids is 2. The quantitative estimate of drug-likeness (QED) is 0.469. The van der Waals surface area contributed by atoms with Crippen LogP contribution in [0.4, 0.5) is 20.3 Å². The molecule has 158 valence electrons. The van der Waals surface area contributed by atoms with Crippen LogP contribution in [0.5, 0.6) is 0 Å². The van der Waals surface area contributed by atoms with E-state index in [0.717, 1.165) is 6.33 Å². The third-order valence-corrected chi connectivity index (χ3v) is 8.84. The van der Waals surface area contributed by atoms with E-state index in [1.165, 1.54) is 13.1 Å². The molecule has 0 aliphatic heterocycles. The molecule has 1 heterocycles. The largest absolute Gasteiger partial charge is 0.456 e. The van der Waals surface area contributed by atoms with E-state index in [-0.39, 0.29) is 16.5 Å². The highest BCUT2D eigenvalue weighted by Gasteiger charge is 2.40. The number of hydrogen-bond donors (Lipinski definition) is 2. The molecule has 1 aromatic heterocycles. The van der Waals surface area contributed by atoms with Crippen molar-refractivity contribution in [3.05, 3.63) is 12.5 Å². The van der Waals surface area contributed by atoms with Crippen molar-refractivity contribution in [1.29, 1.82) is 0 Å². The molecule has 0 fully saturated rings. The van der Waals surface area contributed by atoms with E-state index in [2.05, 4.69) is 25.3 Å². The van der Waals surface area contributed by atoms with Crippen molar-refractivity contribution >= 4 is 31.7 Å². The van der Waals surface area contributed by atoms with Gasteiger partial charge in [0.05, 0.1) is 19.3 Å². The molecule has 2 N–H and O–H groups in total. The first-order valence-corrected chi connectivity index (χ1v) is 11.6. The Hall–Kier alpha value is -2.14. The van der Waals surface area contributed by atoms with Crippen LogP contribution in [-0.4, -0.2) is 55.8 Å². The zero-order valence-corrected chi connectivity index (χ0v) is 18.1. The number of carbonyl (C=O) groups is 2. The topological polar surface area (TPSA) is 102 Å². The molecule has 0 saturated heterocycles. The Labute approximate surface area is 164 Å². The van der Waals surface area contributed by atoms with Crippen molar-refractivity contribution in [3.8, 4) is 0 Å². The molecule has 0 aliphatic rings. The van der Waals surface area contributed by atoms with Crippen LogP contribution in [0.25, 0.3) is 0 Å². The van der Waals surface area contributed by atoms with Crippen molar-refractivity contribution in [2.24, 2.45) is 0 Å². The number of hydrogen-bond acceptors (Lipinski definition) is 7. The minimum atomic E-state index is -3.14. The maximum Gasteiger partial charge on any atom is 0.303 e. The fourth-order valence-corrected chi connectivity index (χ4v) is 2.69. The third-order valence-electron chi connectivity index (χ3n) is 4.36. The predicted molar refractivity (Wildman–Crippen MR) is 104 cm³/mol. The van der Waals surface area contributed by atoms with E-state index in [1.54, 1.807) is 0 Å². The van der Waals surface area contributed by atoms with Crippen LogP contribution in [0, 0.1) is 0 Å². The number of nitrogens with zero attached hydrogens (tertiary/aromatic N) is 2. The number of anilines is 2. The minimum absolute atomic E-state index is 0.0261. The van der Waals surface area contributed by atoms with Crippen molar-refractivity contribution in [1.82, 2.24) is 9.97 Å². The van der Waals surface area contributed by atoms with E-state index in [4.69, 9.17) is 4.43 Å². The van der Waals surface area contributed by atoms with Gasteiger partial charge < -0.3 is 19.8 Å². The van der Waals surface area contributed by atoms with E-state index in [0.29, 0.717) is 0 Å². The fourth-order valence-electron chi connectivity index (χ4n) is 1.68. The molecule has 1 aromatic rings. The average molecular weight is 419 g/mol. The van der Waals surface area contributed by atoms with Crippen LogP contribution in [0.2, 0.25) is 18.1 Å². The number of nitrogens with one attached hydrogen (secondary N) is 2. The maximum atomic E-state index is 14.3. The molecule has 1 rings (SSSR count). The lowest BCUT2D eigenvalue weighted by atomic mass is 10.2. The average Bonchev–Trinajstić information content (AvgIpc) is 2.57. The van der Waals surface area contributed by atoms with Gasteiger partial charge in [0.2, 0.25) is 0 Å². The number of amides is 1. The molecule has 8 nitrogen and oxygen atoms in total. The van der Waals surface area contributed by atoms with Crippen molar-refractivity contribution in [2.45, 2.75) is 51.7 Å². The van der Waals surface area contributed by atoms with Gasteiger partial charge in [0.25, 0.3) is 11.8 Å². The number of alkyl halides is 2. The summed E-state index contributed by atoms with van der Waals surface area (Å²) in [5, 5.41) is 4.74. The van der Waals surface area contributed by atoms with E-state index in [9.17, 15) is 18.4 Å². The second-order valence-corrected chi connectivity index (χ2v) is 12.7. The second-order valence-electron chi connectivity index (χ2n) is 7.87. The lowest BCUT2D eigenvalue weighted by Gasteiger charge is -2.37. The van der Waals surface area contributed by atoms with Crippen LogP contribution in [0.15, 0.2) is 12.5 Å². The number of halogens is 2. The summed E-state index contributed by atoms with van der Waals surface area (Å²) in [5.74, 6) is -4.36. The molecule has 1 amide bonds. The van der Waals surface area contributed by atoms with E-state index in [1.807, 2.05) is 33.9 Å². The SMILES string of the molecule is CC(=O)OCC(=O)Nc1cncnc1NCC(F)(F)CO[Si](C)(C)C(C)(C)C. The summed E-state index contributed by atoms with van der Waals surface area (Å²) in [6.07, 6.45) is 2.42. The summed E-state index contributed by atoms with van der Waals surface area (Å²) >= 11 is 0. The molecule has 0 aliphatic carbocycles. The molecular formula is C17H28F2N4O4Si. The first-order chi connectivity index (χ1) is 12.7. The molecule has 0 saturated carbocycles. The molecule has 0 unspecified atom stereocenters. The van der Waals surface area contributed by atoms with Gasteiger partial charge in [-0.05, 0) is 18.1 Å². The summed E-state index contributed by atoms with van der Waals surface area (Å²) in [5.41, 5.74) is 0.0979. The Balaban J connectivity index is 2.68. The molecule has 0 aromatic carbocycles. The summed E-state index contributed by atoms with van der Waals surface area (Å²) in [6, 6.07) is 0. The lowest BCUT2D eigenvalue weighted by molar-refractivity contribution is -0.144. The van der Waals surface area contributed by atoms with Gasteiger partial charge in [-0.3, -0.25) is 9.59 Å². The van der Waals surface area contributed by atoms with Gasteiger partial charge in [0.15, 0.2) is 20.7 Å². The Morgan fingerprint density at radius 2 is 1.89 bits per heavy atom. The fraction of sp³-hybridized carbons (Fsp3) is 0.647. The Morgan fingerprint density at radius 3 is 2.46 bits per heavy atom. The number of rotatable bonds is 9. The van der Waals surface area contributed by atoms with Crippen molar-refractivity contribution < 1.29 is 27.5 Å². The van der Waals surface area contributed by atoms with Crippen LogP contribution >= 0.6 is 0 Å². The maximum absolute atomic E-state index is 14.3. The number of aromatic nitrogens is 2. The second kappa shape index (κ2) is 9.37. The summed E-state index contributed by atoms with van der Waals surface area (Å²) in [4.78, 5) is 30.1. The molecule has 0 radical (unpaired) electrons. The zero-order valence-electron chi connectivity index (χ0n) is 17.1. The highest BCUT2D eigenvalue weighted by molar-refractivity contribution is 6.74. The van der Waals surface area contributed by atoms with Crippen molar-refractivity contribution in [2.75, 3.05) is 30.4 Å². The normalized spacial score (nSPS) is 12.4. The van der Waals surface area contributed by atoms with E-state index < -0.39 is 45.9 Å². The van der Waals surface area contributed by atoms with Gasteiger partial charge in [-0.1, -0.05) is 20.8 Å². The first kappa shape index (κ1) is 23.9. The summed E-state index contributed by atoms with van der Waals surface area (Å²) in [6.45, 7) is 8.94. The highest BCUT2D eigenvalue weighted by atomic mass is 28.4. The number of ether oxygens (including phenoxy) is 1. The predicted octanol–water partition coefficient (Wildman–Crippen LogP) is 3.05. The highest BCUT2D eigenvalue weighted by Crippen LogP contribution is 2.37. The van der Waals surface area contributed by atoms with Crippen LogP contribution in [0.1, 0.15) is 27.7 Å². The third kappa shape index (κ3) is 7.85. The van der Waals surface area contributed by atoms with Gasteiger partial charge in [-0.15, -0.1) is 0 Å². The van der Waals surface area contributed by atoms with Crippen LogP contribution in [0.3, 0.4) is 0 Å². The smallest absolute Gasteiger partial charge is 0.303 e. The Bertz CT molecular complexity index is 696. The van der Waals surface area contributed by atoms with Crippen LogP contribution in [-0.2, 0) is 18.8 Å². The summed E-state index contributed by atoms with van der Waals surface area (Å²) in [7, 11) is -2.31. The lowest BCUT2D eigenvalue weighted by Crippen LogP contribution is -2.45. The molecule has 11 heteroatoms. The molecule has 0 atom stereocenters. The minimum Gasteiger partial charge on any atom is -0.456 e. The Morgan fingerprint density at radius 1 is 1.25 bits per heavy atom. The Kier molecular flexibility index (Phi) is 8.00. The zero-order chi connectivity index (χ0) is 21.6. The van der Waals surface area contributed by atoms with Gasteiger partial charge in [-0.2, -0.15) is 0 Å². The van der Waals surface area contributed by atoms with Crippen LogP contribution < -0.4 is 10.6 Å².